The molecule has 0 fully saturated rings. The second-order valence-corrected chi connectivity index (χ2v) is 8.59. The van der Waals surface area contributed by atoms with Crippen LogP contribution in [0.5, 0.6) is 0 Å². The van der Waals surface area contributed by atoms with Crippen molar-refractivity contribution in [3.8, 4) is 11.1 Å². The van der Waals surface area contributed by atoms with Gasteiger partial charge in [-0.15, -0.1) is 34.5 Å². The van der Waals surface area contributed by atoms with Gasteiger partial charge in [0, 0.05) is 5.02 Å². The predicted molar refractivity (Wildman–Crippen MR) is 86.4 cm³/mol. The summed E-state index contributed by atoms with van der Waals surface area (Å²) in [4.78, 5) is 0. The van der Waals surface area contributed by atoms with Crippen molar-refractivity contribution in [1.82, 2.24) is 0 Å². The first-order valence-corrected chi connectivity index (χ1v) is 12.7. The van der Waals surface area contributed by atoms with Crippen LogP contribution in [0, 0.1) is 6.92 Å². The van der Waals surface area contributed by atoms with Gasteiger partial charge in [-0.3, -0.25) is 0 Å². The molecule has 0 heterocycles. The fraction of sp³-hybridized carbons (Fsp3) is 0.0625. The minimum atomic E-state index is -0.826. The Balaban J connectivity index is 0.000000452. The molecule has 4 heteroatoms. The summed E-state index contributed by atoms with van der Waals surface area (Å²) in [5, 5.41) is 3.37. The zero-order valence-corrected chi connectivity index (χ0v) is 15.6. The Hall–Kier alpha value is -0.197. The van der Waals surface area contributed by atoms with Crippen LogP contribution in [0.15, 0.2) is 54.6 Å². The third-order valence-electron chi connectivity index (χ3n) is 3.03. The van der Waals surface area contributed by atoms with Crippen LogP contribution in [0.2, 0.25) is 5.02 Å². The second-order valence-electron chi connectivity index (χ2n) is 4.42. The van der Waals surface area contributed by atoms with Gasteiger partial charge in [0.1, 0.15) is 0 Å². The van der Waals surface area contributed by atoms with E-state index < -0.39 is 20.8 Å². The molecular formula is C16H12Cl3Zr-. The van der Waals surface area contributed by atoms with Crippen LogP contribution < -0.4 is 0 Å². The number of fused-ring (bicyclic) bond motifs is 1. The Morgan fingerprint density at radius 3 is 2.40 bits per heavy atom. The van der Waals surface area contributed by atoms with Gasteiger partial charge < -0.3 is 0 Å². The van der Waals surface area contributed by atoms with Crippen LogP contribution in [-0.4, -0.2) is 0 Å². The van der Waals surface area contributed by atoms with E-state index in [4.69, 9.17) is 28.6 Å². The first kappa shape index (κ1) is 16.2. The zero-order valence-electron chi connectivity index (χ0n) is 10.8. The van der Waals surface area contributed by atoms with Crippen molar-refractivity contribution in [2.24, 2.45) is 0 Å². The fourth-order valence-electron chi connectivity index (χ4n) is 2.29. The third kappa shape index (κ3) is 3.92. The topological polar surface area (TPSA) is 0 Å². The Morgan fingerprint density at radius 1 is 1.00 bits per heavy atom. The maximum absolute atomic E-state index is 6.05. The molecule has 0 aromatic heterocycles. The van der Waals surface area contributed by atoms with Crippen molar-refractivity contribution in [2.75, 3.05) is 0 Å². The SMILES string of the molecule is Cc1cc2c(-c3cccc(Cl)c3)cccc2[cH-]1.[Cl][Zr][Cl]. The Morgan fingerprint density at radius 2 is 1.70 bits per heavy atom. The Labute approximate surface area is 142 Å². The molecule has 0 unspecified atom stereocenters. The van der Waals surface area contributed by atoms with E-state index in [-0.39, 0.29) is 0 Å². The monoisotopic (exact) mass is 399 g/mol. The third-order valence-corrected chi connectivity index (χ3v) is 3.27. The van der Waals surface area contributed by atoms with Gasteiger partial charge in [-0.1, -0.05) is 42.3 Å². The van der Waals surface area contributed by atoms with Gasteiger partial charge in [0.05, 0.1) is 0 Å². The predicted octanol–water partition coefficient (Wildman–Crippen LogP) is 6.56. The van der Waals surface area contributed by atoms with Gasteiger partial charge >= 0.3 is 37.9 Å². The Bertz CT molecular complexity index is 704. The number of halogens is 3. The average Bonchev–Trinajstić information content (AvgIpc) is 2.79. The van der Waals surface area contributed by atoms with Crippen molar-refractivity contribution >= 4 is 39.4 Å². The molecule has 0 saturated heterocycles. The summed E-state index contributed by atoms with van der Waals surface area (Å²) in [6.45, 7) is 2.13. The summed E-state index contributed by atoms with van der Waals surface area (Å²) in [5.74, 6) is 0. The van der Waals surface area contributed by atoms with Gasteiger partial charge in [0.2, 0.25) is 0 Å². The van der Waals surface area contributed by atoms with Gasteiger partial charge in [0.15, 0.2) is 0 Å². The molecule has 0 saturated carbocycles. The first-order valence-electron chi connectivity index (χ1n) is 6.04. The molecule has 0 radical (unpaired) electrons. The quantitative estimate of drug-likeness (QED) is 0.405. The van der Waals surface area contributed by atoms with E-state index >= 15 is 0 Å². The van der Waals surface area contributed by atoms with Crippen LogP contribution in [-0.2, 0) is 20.8 Å². The minimum absolute atomic E-state index is 0.780. The summed E-state index contributed by atoms with van der Waals surface area (Å²) in [6.07, 6.45) is 0. The molecule has 102 valence electrons. The standard InChI is InChI=1S/C16H12Cl.2ClH.Zr/c1-11-8-12-5-3-7-15(16(12)9-11)13-4-2-6-14(17)10-13;;;/h2-10H,1H3;2*1H;/q-1;;;+2/p-2. The summed E-state index contributed by atoms with van der Waals surface area (Å²) in [7, 11) is 9.87. The van der Waals surface area contributed by atoms with E-state index in [2.05, 4.69) is 43.3 Å². The maximum atomic E-state index is 6.05. The van der Waals surface area contributed by atoms with Crippen molar-refractivity contribution in [3.05, 3.63) is 65.2 Å². The number of aryl methyl sites for hydroxylation is 1. The average molecular weight is 402 g/mol. The van der Waals surface area contributed by atoms with Gasteiger partial charge in [-0.25, -0.2) is 0 Å². The number of hydrogen-bond donors (Lipinski definition) is 0. The first-order chi connectivity index (χ1) is 9.65. The molecule has 3 aromatic carbocycles. The van der Waals surface area contributed by atoms with Crippen molar-refractivity contribution in [1.29, 1.82) is 0 Å². The molecule has 0 aliphatic heterocycles. The van der Waals surface area contributed by atoms with E-state index in [0.29, 0.717) is 0 Å². The van der Waals surface area contributed by atoms with Crippen LogP contribution in [0.3, 0.4) is 0 Å². The van der Waals surface area contributed by atoms with Crippen LogP contribution >= 0.6 is 28.6 Å². The molecule has 0 amide bonds. The molecular weight excluding hydrogens is 390 g/mol. The van der Waals surface area contributed by atoms with Crippen LogP contribution in [0.4, 0.5) is 0 Å². The summed E-state index contributed by atoms with van der Waals surface area (Å²) in [6, 6.07) is 18.8. The molecule has 0 aliphatic carbocycles. The molecule has 0 N–H and O–H groups in total. The van der Waals surface area contributed by atoms with E-state index in [1.165, 1.54) is 27.5 Å². The molecule has 0 nitrogen and oxygen atoms in total. The number of benzene rings is 2. The van der Waals surface area contributed by atoms with Gasteiger partial charge in [0.25, 0.3) is 0 Å². The second kappa shape index (κ2) is 7.71. The number of hydrogen-bond acceptors (Lipinski definition) is 0. The van der Waals surface area contributed by atoms with E-state index in [1.54, 1.807) is 0 Å². The molecule has 3 aromatic rings. The fourth-order valence-corrected chi connectivity index (χ4v) is 2.48. The van der Waals surface area contributed by atoms with Crippen LogP contribution in [0.25, 0.3) is 21.9 Å². The van der Waals surface area contributed by atoms with Crippen molar-refractivity contribution in [2.45, 2.75) is 6.92 Å². The van der Waals surface area contributed by atoms with Crippen LogP contribution in [0.1, 0.15) is 5.56 Å². The molecule has 0 spiro atoms. The number of rotatable bonds is 1. The van der Waals surface area contributed by atoms with Gasteiger partial charge in [-0.05, 0) is 17.7 Å². The normalized spacial score (nSPS) is 10.0. The van der Waals surface area contributed by atoms with E-state index in [9.17, 15) is 0 Å². The Kier molecular flexibility index (Phi) is 6.24. The van der Waals surface area contributed by atoms with Crippen molar-refractivity contribution < 1.29 is 20.8 Å². The molecule has 0 bridgehead atoms. The zero-order chi connectivity index (χ0) is 14.5. The molecule has 20 heavy (non-hydrogen) atoms. The van der Waals surface area contributed by atoms with Crippen molar-refractivity contribution in [3.63, 3.8) is 0 Å². The van der Waals surface area contributed by atoms with E-state index in [1.807, 2.05) is 18.2 Å². The summed E-state index contributed by atoms with van der Waals surface area (Å²) in [5.41, 5.74) is 3.72. The molecule has 0 aliphatic rings. The molecule has 3 rings (SSSR count). The summed E-state index contributed by atoms with van der Waals surface area (Å²) < 4.78 is 0. The van der Waals surface area contributed by atoms with Gasteiger partial charge in [-0.2, -0.15) is 6.07 Å². The van der Waals surface area contributed by atoms with E-state index in [0.717, 1.165) is 5.02 Å². The molecule has 0 atom stereocenters. The summed E-state index contributed by atoms with van der Waals surface area (Å²) >= 11 is 5.23.